The Hall–Kier alpha value is -1.72. The van der Waals surface area contributed by atoms with Crippen molar-refractivity contribution in [3.05, 3.63) is 35.4 Å². The van der Waals surface area contributed by atoms with Crippen molar-refractivity contribution in [2.45, 2.75) is 45.4 Å². The molecule has 150 valence electrons. The first-order chi connectivity index (χ1) is 13.0. The summed E-state index contributed by atoms with van der Waals surface area (Å²) >= 11 is 0. The Kier molecular flexibility index (Phi) is 8.95. The van der Waals surface area contributed by atoms with Gasteiger partial charge in [-0.2, -0.15) is 0 Å². The van der Waals surface area contributed by atoms with Crippen molar-refractivity contribution in [2.75, 3.05) is 33.5 Å². The first-order valence-electron chi connectivity index (χ1n) is 10.0. The molecule has 2 rings (SSSR count). The standard InChI is InChI=1S/C22H33NO4/c1-16(2)21(24)19-8-4-17(5-9-19)18-6-10-20(11-7-18)22(25)23-12-13-27-15-14-26-3/h6-7,10-11,16-17,19H,4-5,8-9,12-15H2,1-3H3,(H,23,25)/t17-,19-. The van der Waals surface area contributed by atoms with Crippen molar-refractivity contribution in [1.29, 1.82) is 0 Å². The van der Waals surface area contributed by atoms with Crippen LogP contribution in [0.15, 0.2) is 24.3 Å². The molecule has 1 fully saturated rings. The topological polar surface area (TPSA) is 64.6 Å². The third-order valence-corrected chi connectivity index (χ3v) is 5.31. The normalized spacial score (nSPS) is 19.9. The maximum absolute atomic E-state index is 12.2. The lowest BCUT2D eigenvalue weighted by Crippen LogP contribution is -2.27. The Balaban J connectivity index is 1.76. The van der Waals surface area contributed by atoms with Gasteiger partial charge in [-0.3, -0.25) is 9.59 Å². The van der Waals surface area contributed by atoms with Crippen LogP contribution >= 0.6 is 0 Å². The number of ether oxygens (including phenoxy) is 2. The minimum atomic E-state index is -0.0804. The monoisotopic (exact) mass is 375 g/mol. The average molecular weight is 376 g/mol. The second-order valence-corrected chi connectivity index (χ2v) is 7.59. The fourth-order valence-electron chi connectivity index (χ4n) is 3.67. The third kappa shape index (κ3) is 6.74. The Morgan fingerprint density at radius 1 is 1.04 bits per heavy atom. The second-order valence-electron chi connectivity index (χ2n) is 7.59. The van der Waals surface area contributed by atoms with Crippen molar-refractivity contribution >= 4 is 11.7 Å². The first-order valence-corrected chi connectivity index (χ1v) is 10.0. The number of amides is 1. The summed E-state index contributed by atoms with van der Waals surface area (Å²) in [5.74, 6) is 1.19. The molecule has 1 aliphatic carbocycles. The van der Waals surface area contributed by atoms with E-state index >= 15 is 0 Å². The van der Waals surface area contributed by atoms with Gasteiger partial charge in [-0.1, -0.05) is 26.0 Å². The van der Waals surface area contributed by atoms with Crippen LogP contribution in [0.25, 0.3) is 0 Å². The molecule has 0 heterocycles. The SMILES string of the molecule is COCCOCCNC(=O)c1ccc([C@H]2CC[C@H](C(=O)C(C)C)CC2)cc1. The summed E-state index contributed by atoms with van der Waals surface area (Å²) < 4.78 is 10.2. The lowest BCUT2D eigenvalue weighted by atomic mass is 9.75. The molecule has 5 nitrogen and oxygen atoms in total. The van der Waals surface area contributed by atoms with Gasteiger partial charge in [0.1, 0.15) is 5.78 Å². The van der Waals surface area contributed by atoms with E-state index in [1.54, 1.807) is 7.11 Å². The number of Topliss-reactive ketones (excluding diaryl/α,β-unsaturated/α-hetero) is 1. The molecule has 1 aromatic rings. The highest BCUT2D eigenvalue weighted by Crippen LogP contribution is 2.37. The summed E-state index contributed by atoms with van der Waals surface area (Å²) in [4.78, 5) is 24.3. The van der Waals surface area contributed by atoms with Crippen molar-refractivity contribution < 1.29 is 19.1 Å². The molecule has 1 aromatic carbocycles. The Morgan fingerprint density at radius 2 is 1.70 bits per heavy atom. The zero-order valence-electron chi connectivity index (χ0n) is 16.8. The molecule has 0 unspecified atom stereocenters. The number of hydrogen-bond acceptors (Lipinski definition) is 4. The van der Waals surface area contributed by atoms with E-state index in [1.165, 1.54) is 5.56 Å². The Bertz CT molecular complexity index is 589. The highest BCUT2D eigenvalue weighted by Gasteiger charge is 2.28. The van der Waals surface area contributed by atoms with Gasteiger partial charge in [-0.05, 0) is 49.3 Å². The van der Waals surface area contributed by atoms with Crippen LogP contribution in [0.4, 0.5) is 0 Å². The van der Waals surface area contributed by atoms with Crippen LogP contribution in [0.5, 0.6) is 0 Å². The first kappa shape index (κ1) is 21.6. The number of ketones is 1. The van der Waals surface area contributed by atoms with Crippen molar-refractivity contribution in [2.24, 2.45) is 11.8 Å². The second kappa shape index (κ2) is 11.2. The van der Waals surface area contributed by atoms with Crippen molar-refractivity contribution in [1.82, 2.24) is 5.32 Å². The molecule has 0 bridgehead atoms. The van der Waals surface area contributed by atoms with Crippen LogP contribution in [0.1, 0.15) is 61.4 Å². The maximum Gasteiger partial charge on any atom is 0.251 e. The Labute approximate surface area is 162 Å². The molecule has 1 amide bonds. The van der Waals surface area contributed by atoms with Gasteiger partial charge in [0.25, 0.3) is 5.91 Å². The van der Waals surface area contributed by atoms with Crippen LogP contribution < -0.4 is 5.32 Å². The van der Waals surface area contributed by atoms with Crippen LogP contribution in [0.2, 0.25) is 0 Å². The third-order valence-electron chi connectivity index (χ3n) is 5.31. The van der Waals surface area contributed by atoms with Crippen LogP contribution in [-0.4, -0.2) is 45.2 Å². The predicted molar refractivity (Wildman–Crippen MR) is 106 cm³/mol. The van der Waals surface area contributed by atoms with Crippen LogP contribution in [0.3, 0.4) is 0 Å². The van der Waals surface area contributed by atoms with E-state index in [0.29, 0.717) is 43.6 Å². The van der Waals surface area contributed by atoms with Gasteiger partial charge in [0.15, 0.2) is 0 Å². The average Bonchev–Trinajstić information content (AvgIpc) is 2.70. The van der Waals surface area contributed by atoms with Crippen molar-refractivity contribution in [3.63, 3.8) is 0 Å². The fourth-order valence-corrected chi connectivity index (χ4v) is 3.67. The molecule has 0 radical (unpaired) electrons. The summed E-state index contributed by atoms with van der Waals surface area (Å²) in [5.41, 5.74) is 1.93. The highest BCUT2D eigenvalue weighted by molar-refractivity contribution is 5.94. The molecule has 0 atom stereocenters. The molecule has 0 spiro atoms. The molecule has 27 heavy (non-hydrogen) atoms. The number of rotatable bonds is 10. The van der Waals surface area contributed by atoms with Gasteiger partial charge >= 0.3 is 0 Å². The van der Waals surface area contributed by atoms with E-state index < -0.39 is 0 Å². The molecule has 0 aromatic heterocycles. The predicted octanol–water partition coefficient (Wildman–Crippen LogP) is 3.58. The van der Waals surface area contributed by atoms with Crippen LogP contribution in [0, 0.1) is 11.8 Å². The largest absolute Gasteiger partial charge is 0.382 e. The number of methoxy groups -OCH3 is 1. The molecule has 5 heteroatoms. The van der Waals surface area contributed by atoms with Crippen molar-refractivity contribution in [3.8, 4) is 0 Å². The molecule has 1 aliphatic rings. The van der Waals surface area contributed by atoms with Gasteiger partial charge < -0.3 is 14.8 Å². The van der Waals surface area contributed by atoms with E-state index in [4.69, 9.17) is 9.47 Å². The molecular formula is C22H33NO4. The van der Waals surface area contributed by atoms with Gasteiger partial charge in [-0.15, -0.1) is 0 Å². The van der Waals surface area contributed by atoms with E-state index in [2.05, 4.69) is 17.4 Å². The Morgan fingerprint density at radius 3 is 2.30 bits per heavy atom. The molecule has 0 saturated heterocycles. The lowest BCUT2D eigenvalue weighted by molar-refractivity contribution is -0.126. The quantitative estimate of drug-likeness (QED) is 0.635. The number of hydrogen-bond donors (Lipinski definition) is 1. The maximum atomic E-state index is 12.2. The molecule has 1 N–H and O–H groups in total. The zero-order chi connectivity index (χ0) is 19.6. The summed E-state index contributed by atoms with van der Waals surface area (Å²) in [7, 11) is 1.63. The van der Waals surface area contributed by atoms with E-state index in [1.807, 2.05) is 26.0 Å². The number of carbonyl (C=O) groups is 2. The van der Waals surface area contributed by atoms with E-state index in [9.17, 15) is 9.59 Å². The minimum absolute atomic E-state index is 0.0804. The van der Waals surface area contributed by atoms with Gasteiger partial charge in [0.05, 0.1) is 19.8 Å². The van der Waals surface area contributed by atoms with E-state index in [-0.39, 0.29) is 17.7 Å². The lowest BCUT2D eigenvalue weighted by Gasteiger charge is -2.29. The van der Waals surface area contributed by atoms with Crippen LogP contribution in [-0.2, 0) is 14.3 Å². The number of nitrogens with one attached hydrogen (secondary N) is 1. The van der Waals surface area contributed by atoms with Gasteiger partial charge in [0, 0.05) is 31.1 Å². The zero-order valence-corrected chi connectivity index (χ0v) is 16.8. The molecule has 1 saturated carbocycles. The van der Waals surface area contributed by atoms with Gasteiger partial charge in [-0.25, -0.2) is 0 Å². The van der Waals surface area contributed by atoms with Gasteiger partial charge in [0.2, 0.25) is 0 Å². The smallest absolute Gasteiger partial charge is 0.251 e. The summed E-state index contributed by atoms with van der Waals surface area (Å²) in [6.07, 6.45) is 4.06. The molecular weight excluding hydrogens is 342 g/mol. The highest BCUT2D eigenvalue weighted by atomic mass is 16.5. The molecule has 0 aliphatic heterocycles. The fraction of sp³-hybridized carbons (Fsp3) is 0.636. The summed E-state index contributed by atoms with van der Waals surface area (Å²) in [6, 6.07) is 7.89. The summed E-state index contributed by atoms with van der Waals surface area (Å²) in [6.45, 7) is 6.03. The number of carbonyl (C=O) groups excluding carboxylic acids is 2. The summed E-state index contributed by atoms with van der Waals surface area (Å²) in [5, 5.41) is 2.86. The number of benzene rings is 1. The minimum Gasteiger partial charge on any atom is -0.382 e. The van der Waals surface area contributed by atoms with E-state index in [0.717, 1.165) is 25.7 Å².